The van der Waals surface area contributed by atoms with Gasteiger partial charge in [0.1, 0.15) is 6.54 Å². The molecule has 1 saturated heterocycles. The van der Waals surface area contributed by atoms with Crippen LogP contribution in [0, 0.1) is 6.92 Å². The van der Waals surface area contributed by atoms with Gasteiger partial charge in [0, 0.05) is 53.7 Å². The number of benzene rings is 3. The van der Waals surface area contributed by atoms with Crippen LogP contribution in [0.4, 0.5) is 17.1 Å². The maximum absolute atomic E-state index is 13.5. The summed E-state index contributed by atoms with van der Waals surface area (Å²) in [4.78, 5) is 30.7. The third-order valence-corrected chi connectivity index (χ3v) is 8.23. The van der Waals surface area contributed by atoms with Gasteiger partial charge in [-0.05, 0) is 55.5 Å². The fourth-order valence-electron chi connectivity index (χ4n) is 4.88. The van der Waals surface area contributed by atoms with E-state index in [1.807, 2.05) is 85.1 Å². The van der Waals surface area contributed by atoms with Crippen LogP contribution in [-0.4, -0.2) is 41.6 Å². The number of carbonyl (C=O) groups excluding carboxylic acids is 2. The molecule has 202 valence electrons. The van der Waals surface area contributed by atoms with Crippen molar-refractivity contribution < 1.29 is 19.1 Å². The molecule has 0 saturated carbocycles. The van der Waals surface area contributed by atoms with E-state index in [4.69, 9.17) is 21.7 Å². The number of para-hydroxylation sites is 1. The van der Waals surface area contributed by atoms with Crippen LogP contribution in [0.3, 0.4) is 0 Å². The van der Waals surface area contributed by atoms with Crippen LogP contribution in [-0.2, 0) is 16.1 Å². The van der Waals surface area contributed by atoms with Gasteiger partial charge in [-0.15, -0.1) is 0 Å². The van der Waals surface area contributed by atoms with Gasteiger partial charge in [-0.25, -0.2) is 0 Å². The first kappa shape index (κ1) is 26.0. The first-order valence-corrected chi connectivity index (χ1v) is 13.9. The molecule has 2 amide bonds. The second-order valence-electron chi connectivity index (χ2n) is 9.65. The van der Waals surface area contributed by atoms with Crippen LogP contribution < -0.4 is 24.6 Å². The number of hydrogen-bond donors (Lipinski definition) is 1. The van der Waals surface area contributed by atoms with Crippen molar-refractivity contribution in [1.82, 2.24) is 4.57 Å². The Morgan fingerprint density at radius 3 is 2.60 bits per heavy atom. The first-order valence-electron chi connectivity index (χ1n) is 12.6. The number of carbonyl (C=O) groups is 2. The second-order valence-corrected chi connectivity index (χ2v) is 11.3. The number of amides is 2. The Bertz CT molecular complexity index is 1710. The molecule has 0 unspecified atom stereocenters. The average molecular weight is 571 g/mol. The van der Waals surface area contributed by atoms with Crippen molar-refractivity contribution in [3.05, 3.63) is 82.9 Å². The summed E-state index contributed by atoms with van der Waals surface area (Å²) in [6.45, 7) is 2.24. The van der Waals surface area contributed by atoms with Gasteiger partial charge in [0.05, 0.1) is 10.6 Å². The monoisotopic (exact) mass is 570 g/mol. The van der Waals surface area contributed by atoms with E-state index in [1.165, 1.54) is 11.8 Å². The Balaban J connectivity index is 1.28. The quantitative estimate of drug-likeness (QED) is 0.232. The summed E-state index contributed by atoms with van der Waals surface area (Å²) in [7, 11) is 3.94. The highest BCUT2D eigenvalue weighted by atomic mass is 32.2. The van der Waals surface area contributed by atoms with E-state index < -0.39 is 0 Å². The first-order chi connectivity index (χ1) is 19.3. The summed E-state index contributed by atoms with van der Waals surface area (Å²) in [6.07, 6.45) is 1.89. The Hall–Kier alpha value is -4.28. The lowest BCUT2D eigenvalue weighted by atomic mass is 10.1. The van der Waals surface area contributed by atoms with Gasteiger partial charge < -0.3 is 24.3 Å². The SMILES string of the molecule is Cc1c(/C=C2\SC(=S)N(c3ccc(N(C)C)cc3)C2=O)c2ccccc2n1CC(=O)Nc1ccc2c(c1)OCO2. The van der Waals surface area contributed by atoms with Crippen molar-refractivity contribution in [2.45, 2.75) is 13.5 Å². The fourth-order valence-corrected chi connectivity index (χ4v) is 6.16. The Kier molecular flexibility index (Phi) is 6.73. The highest BCUT2D eigenvalue weighted by molar-refractivity contribution is 8.27. The van der Waals surface area contributed by atoms with Crippen molar-refractivity contribution in [3.8, 4) is 11.5 Å². The number of ether oxygens (including phenoxy) is 2. The van der Waals surface area contributed by atoms with Crippen LogP contribution in [0.1, 0.15) is 11.3 Å². The van der Waals surface area contributed by atoms with Crippen LogP contribution in [0.25, 0.3) is 17.0 Å². The summed E-state index contributed by atoms with van der Waals surface area (Å²) in [5.74, 6) is 0.922. The van der Waals surface area contributed by atoms with E-state index >= 15 is 0 Å². The molecule has 0 spiro atoms. The zero-order chi connectivity index (χ0) is 28.0. The van der Waals surface area contributed by atoms with Gasteiger partial charge in [-0.3, -0.25) is 14.5 Å². The summed E-state index contributed by atoms with van der Waals surface area (Å²) in [5, 5.41) is 3.90. The highest BCUT2D eigenvalue weighted by Crippen LogP contribution is 2.39. The zero-order valence-corrected chi connectivity index (χ0v) is 23.8. The molecular formula is C30H26N4O4S2. The normalized spacial score (nSPS) is 15.4. The molecule has 0 aliphatic carbocycles. The minimum absolute atomic E-state index is 0.105. The number of nitrogens with zero attached hydrogens (tertiary/aromatic N) is 3. The van der Waals surface area contributed by atoms with E-state index in [9.17, 15) is 9.59 Å². The summed E-state index contributed by atoms with van der Waals surface area (Å²) >= 11 is 6.88. The molecule has 1 fully saturated rings. The predicted octanol–water partition coefficient (Wildman–Crippen LogP) is 5.79. The molecule has 0 atom stereocenters. The molecule has 40 heavy (non-hydrogen) atoms. The van der Waals surface area contributed by atoms with Crippen LogP contribution >= 0.6 is 24.0 Å². The van der Waals surface area contributed by atoms with Crippen molar-refractivity contribution in [2.24, 2.45) is 0 Å². The maximum atomic E-state index is 13.5. The summed E-state index contributed by atoms with van der Waals surface area (Å²) in [5.41, 5.74) is 5.07. The number of anilines is 3. The predicted molar refractivity (Wildman–Crippen MR) is 164 cm³/mol. The molecule has 0 radical (unpaired) electrons. The molecule has 3 heterocycles. The largest absolute Gasteiger partial charge is 0.454 e. The van der Waals surface area contributed by atoms with Gasteiger partial charge in [0.15, 0.2) is 15.8 Å². The summed E-state index contributed by atoms with van der Waals surface area (Å²) in [6, 6.07) is 20.9. The lowest BCUT2D eigenvalue weighted by Gasteiger charge is -2.17. The van der Waals surface area contributed by atoms with Gasteiger partial charge in [0.2, 0.25) is 12.7 Å². The number of rotatable bonds is 6. The van der Waals surface area contributed by atoms with Gasteiger partial charge >= 0.3 is 0 Å². The molecule has 10 heteroatoms. The molecule has 2 aliphatic heterocycles. The third kappa shape index (κ3) is 4.69. The molecule has 1 aromatic heterocycles. The molecule has 4 aromatic rings. The number of nitrogens with one attached hydrogen (secondary N) is 1. The molecule has 0 bridgehead atoms. The van der Waals surface area contributed by atoms with Crippen molar-refractivity contribution >= 4 is 74.2 Å². The van der Waals surface area contributed by atoms with Gasteiger partial charge in [0.25, 0.3) is 5.91 Å². The van der Waals surface area contributed by atoms with E-state index in [0.717, 1.165) is 33.5 Å². The zero-order valence-electron chi connectivity index (χ0n) is 22.1. The number of aromatic nitrogens is 1. The van der Waals surface area contributed by atoms with Gasteiger partial charge in [-0.1, -0.05) is 42.2 Å². The number of thiocarbonyl (C=S) groups is 1. The van der Waals surface area contributed by atoms with Crippen molar-refractivity contribution in [3.63, 3.8) is 0 Å². The van der Waals surface area contributed by atoms with Gasteiger partial charge in [-0.2, -0.15) is 0 Å². The smallest absolute Gasteiger partial charge is 0.270 e. The van der Waals surface area contributed by atoms with Crippen LogP contribution in [0.15, 0.2) is 71.6 Å². The minimum atomic E-state index is -0.179. The molecule has 2 aliphatic rings. The van der Waals surface area contributed by atoms with Crippen LogP contribution in [0.5, 0.6) is 11.5 Å². The molecule has 1 N–H and O–H groups in total. The molecule has 3 aromatic carbocycles. The van der Waals surface area contributed by atoms with E-state index in [-0.39, 0.29) is 25.2 Å². The number of fused-ring (bicyclic) bond motifs is 2. The van der Waals surface area contributed by atoms with E-state index in [2.05, 4.69) is 5.32 Å². The number of hydrogen-bond acceptors (Lipinski definition) is 7. The standard InChI is InChI=1S/C30H26N4O4S2/c1-18-23(15-27-29(36)34(30(39)40-27)21-11-9-20(10-12-21)32(2)3)22-6-4-5-7-24(22)33(18)16-28(35)31-19-8-13-25-26(14-19)38-17-37-25/h4-15H,16-17H2,1-3H3,(H,31,35)/b27-15-. The molecule has 8 nitrogen and oxygen atoms in total. The lowest BCUT2D eigenvalue weighted by Crippen LogP contribution is -2.27. The maximum Gasteiger partial charge on any atom is 0.270 e. The number of thioether (sulfide) groups is 1. The topological polar surface area (TPSA) is 76.0 Å². The van der Waals surface area contributed by atoms with Crippen molar-refractivity contribution in [2.75, 3.05) is 36.0 Å². The van der Waals surface area contributed by atoms with E-state index in [1.54, 1.807) is 23.1 Å². The summed E-state index contributed by atoms with van der Waals surface area (Å²) < 4.78 is 13.2. The molecular weight excluding hydrogens is 544 g/mol. The lowest BCUT2D eigenvalue weighted by molar-refractivity contribution is -0.116. The minimum Gasteiger partial charge on any atom is -0.454 e. The third-order valence-electron chi connectivity index (χ3n) is 6.93. The Morgan fingerprint density at radius 2 is 1.82 bits per heavy atom. The second kappa shape index (κ2) is 10.4. The Morgan fingerprint density at radius 1 is 1.07 bits per heavy atom. The highest BCUT2D eigenvalue weighted by Gasteiger charge is 2.34. The average Bonchev–Trinajstić information content (AvgIpc) is 3.59. The Labute approximate surface area is 241 Å². The van der Waals surface area contributed by atoms with Crippen LogP contribution in [0.2, 0.25) is 0 Å². The van der Waals surface area contributed by atoms with Crippen molar-refractivity contribution in [1.29, 1.82) is 0 Å². The molecule has 6 rings (SSSR count). The fraction of sp³-hybridized carbons (Fsp3) is 0.167. The van der Waals surface area contributed by atoms with E-state index in [0.29, 0.717) is 26.4 Å².